The Balaban J connectivity index is 1.70. The lowest BCUT2D eigenvalue weighted by molar-refractivity contribution is -0.113. The molecule has 0 saturated carbocycles. The van der Waals surface area contributed by atoms with Gasteiger partial charge in [-0.25, -0.2) is 0 Å². The van der Waals surface area contributed by atoms with Gasteiger partial charge in [0.25, 0.3) is 0 Å². The molecule has 6 nitrogen and oxygen atoms in total. The first-order valence-corrected chi connectivity index (χ1v) is 11.5. The lowest BCUT2D eigenvalue weighted by Crippen LogP contribution is -2.15. The van der Waals surface area contributed by atoms with Gasteiger partial charge in [-0.2, -0.15) is 5.26 Å². The maximum absolute atomic E-state index is 12.6. The van der Waals surface area contributed by atoms with E-state index in [0.717, 1.165) is 35.8 Å². The number of amides is 1. The summed E-state index contributed by atoms with van der Waals surface area (Å²) in [5.74, 6) is 1.97. The van der Waals surface area contributed by atoms with E-state index in [-0.39, 0.29) is 23.6 Å². The quantitative estimate of drug-likeness (QED) is 0.684. The van der Waals surface area contributed by atoms with Crippen LogP contribution in [0.1, 0.15) is 74.8 Å². The molecule has 2 aromatic heterocycles. The van der Waals surface area contributed by atoms with E-state index in [4.69, 9.17) is 0 Å². The lowest BCUT2D eigenvalue weighted by Gasteiger charge is -2.17. The van der Waals surface area contributed by atoms with Crippen LogP contribution in [0.4, 0.5) is 5.00 Å². The Morgan fingerprint density at radius 3 is 2.79 bits per heavy atom. The van der Waals surface area contributed by atoms with Crippen molar-refractivity contribution in [3.05, 3.63) is 21.8 Å². The van der Waals surface area contributed by atoms with Crippen LogP contribution in [0.25, 0.3) is 0 Å². The second-order valence-electron chi connectivity index (χ2n) is 7.96. The van der Waals surface area contributed by atoms with Crippen molar-refractivity contribution in [1.82, 2.24) is 14.8 Å². The van der Waals surface area contributed by atoms with E-state index >= 15 is 0 Å². The fraction of sp³-hybridized carbons (Fsp3) is 0.600. The predicted molar refractivity (Wildman–Crippen MR) is 114 cm³/mol. The minimum Gasteiger partial charge on any atom is -0.316 e. The van der Waals surface area contributed by atoms with Gasteiger partial charge in [-0.1, -0.05) is 32.5 Å². The molecule has 0 bridgehead atoms. The number of hydrogen-bond donors (Lipinski definition) is 1. The molecule has 2 heterocycles. The van der Waals surface area contributed by atoms with E-state index in [9.17, 15) is 10.1 Å². The van der Waals surface area contributed by atoms with E-state index in [2.05, 4.69) is 60.8 Å². The van der Waals surface area contributed by atoms with Crippen LogP contribution in [0, 0.1) is 17.2 Å². The number of fused-ring (bicyclic) bond motifs is 1. The van der Waals surface area contributed by atoms with E-state index in [1.165, 1.54) is 16.6 Å². The van der Waals surface area contributed by atoms with E-state index in [1.54, 1.807) is 11.3 Å². The molecular weight excluding hydrogens is 390 g/mol. The molecule has 8 heteroatoms. The largest absolute Gasteiger partial charge is 0.316 e. The molecule has 0 radical (unpaired) electrons. The zero-order chi connectivity index (χ0) is 20.4. The van der Waals surface area contributed by atoms with Crippen LogP contribution in [0.3, 0.4) is 0 Å². The fourth-order valence-electron chi connectivity index (χ4n) is 3.52. The Morgan fingerprint density at radius 1 is 1.39 bits per heavy atom. The summed E-state index contributed by atoms with van der Waals surface area (Å²) in [6.07, 6.45) is 3.02. The molecule has 0 aromatic carbocycles. The Kier molecular flexibility index (Phi) is 6.46. The molecule has 1 aliphatic carbocycles. The molecule has 3 rings (SSSR count). The number of nitrogens with one attached hydrogen (secondary N) is 1. The Labute approximate surface area is 174 Å². The van der Waals surface area contributed by atoms with Crippen molar-refractivity contribution in [3.63, 3.8) is 0 Å². The zero-order valence-electron chi connectivity index (χ0n) is 17.1. The Hall–Kier alpha value is -1.85. The Bertz CT molecular complexity index is 907. The number of hydrogen-bond acceptors (Lipinski definition) is 6. The van der Waals surface area contributed by atoms with Gasteiger partial charge in [0, 0.05) is 16.8 Å². The number of rotatable bonds is 6. The van der Waals surface area contributed by atoms with Gasteiger partial charge in [0.15, 0.2) is 5.16 Å². The number of thioether (sulfide) groups is 1. The van der Waals surface area contributed by atoms with Gasteiger partial charge in [0.1, 0.15) is 16.9 Å². The minimum absolute atomic E-state index is 0.113. The average Bonchev–Trinajstić information content (AvgIpc) is 3.20. The van der Waals surface area contributed by atoms with E-state index in [1.807, 2.05) is 0 Å². The van der Waals surface area contributed by atoms with E-state index in [0.29, 0.717) is 16.5 Å². The van der Waals surface area contributed by atoms with Gasteiger partial charge in [-0.05, 0) is 44.6 Å². The van der Waals surface area contributed by atoms with Crippen molar-refractivity contribution < 1.29 is 4.79 Å². The monoisotopic (exact) mass is 417 g/mol. The molecule has 1 N–H and O–H groups in total. The third-order valence-electron chi connectivity index (χ3n) is 4.93. The summed E-state index contributed by atoms with van der Waals surface area (Å²) in [5.41, 5.74) is 1.78. The summed E-state index contributed by atoms with van der Waals surface area (Å²) >= 11 is 2.95. The zero-order valence-corrected chi connectivity index (χ0v) is 18.7. The van der Waals surface area contributed by atoms with Crippen molar-refractivity contribution in [3.8, 4) is 6.07 Å². The molecule has 0 fully saturated rings. The van der Waals surface area contributed by atoms with Gasteiger partial charge in [-0.15, -0.1) is 21.5 Å². The van der Waals surface area contributed by atoms with Gasteiger partial charge in [-0.3, -0.25) is 4.79 Å². The summed E-state index contributed by atoms with van der Waals surface area (Å²) in [7, 11) is 0. The molecule has 1 aliphatic rings. The van der Waals surface area contributed by atoms with Crippen molar-refractivity contribution in [2.75, 3.05) is 11.1 Å². The summed E-state index contributed by atoms with van der Waals surface area (Å²) in [6.45, 7) is 10.6. The average molecular weight is 418 g/mol. The molecule has 1 atom stereocenters. The van der Waals surface area contributed by atoms with Crippen molar-refractivity contribution in [2.45, 2.75) is 71.0 Å². The number of anilines is 1. The number of thiophene rings is 1. The van der Waals surface area contributed by atoms with Gasteiger partial charge >= 0.3 is 0 Å². The minimum atomic E-state index is -0.113. The molecule has 2 aromatic rings. The van der Waals surface area contributed by atoms with Crippen molar-refractivity contribution >= 4 is 34.0 Å². The summed E-state index contributed by atoms with van der Waals surface area (Å²) in [6, 6.07) is 2.53. The number of carbonyl (C=O) groups is 1. The van der Waals surface area contributed by atoms with Crippen LogP contribution in [0.5, 0.6) is 0 Å². The molecule has 0 spiro atoms. The normalized spacial score (nSPS) is 16.3. The van der Waals surface area contributed by atoms with Gasteiger partial charge in [0.05, 0.1) is 11.3 Å². The molecule has 28 heavy (non-hydrogen) atoms. The topological polar surface area (TPSA) is 83.6 Å². The van der Waals surface area contributed by atoms with Crippen LogP contribution in [-0.4, -0.2) is 26.4 Å². The molecule has 0 aliphatic heterocycles. The molecule has 150 valence electrons. The molecule has 1 amide bonds. The van der Waals surface area contributed by atoms with Crippen LogP contribution >= 0.6 is 23.1 Å². The van der Waals surface area contributed by atoms with Gasteiger partial charge < -0.3 is 9.88 Å². The first-order valence-electron chi connectivity index (χ1n) is 9.73. The molecule has 0 saturated heterocycles. The number of carbonyl (C=O) groups excluding carboxylic acids is 1. The number of nitriles is 1. The third kappa shape index (κ3) is 4.26. The molecule has 1 unspecified atom stereocenters. The first kappa shape index (κ1) is 20.9. The maximum atomic E-state index is 12.6. The summed E-state index contributed by atoms with van der Waals surface area (Å²) in [4.78, 5) is 13.8. The van der Waals surface area contributed by atoms with Crippen LogP contribution in [0.15, 0.2) is 5.16 Å². The first-order chi connectivity index (χ1) is 13.3. The standard InChI is InChI=1S/C20H27N5OS2/c1-11(2)18-23-24-20(25(18)12(3)4)27-10-17(26)22-19-15(9-21)14-7-6-13(5)8-16(14)28-19/h11-13H,6-8,10H2,1-5H3,(H,22,26). The highest BCUT2D eigenvalue weighted by atomic mass is 32.2. The van der Waals surface area contributed by atoms with Crippen LogP contribution in [0.2, 0.25) is 0 Å². The lowest BCUT2D eigenvalue weighted by atomic mass is 9.89. The fourth-order valence-corrected chi connectivity index (χ4v) is 5.77. The second kappa shape index (κ2) is 8.66. The number of aromatic nitrogens is 3. The van der Waals surface area contributed by atoms with Crippen molar-refractivity contribution in [1.29, 1.82) is 5.26 Å². The number of nitrogens with zero attached hydrogens (tertiary/aromatic N) is 4. The highest BCUT2D eigenvalue weighted by molar-refractivity contribution is 7.99. The summed E-state index contributed by atoms with van der Waals surface area (Å²) < 4.78 is 2.09. The Morgan fingerprint density at radius 2 is 2.14 bits per heavy atom. The van der Waals surface area contributed by atoms with Crippen molar-refractivity contribution in [2.24, 2.45) is 5.92 Å². The highest BCUT2D eigenvalue weighted by Crippen LogP contribution is 2.39. The highest BCUT2D eigenvalue weighted by Gasteiger charge is 2.25. The maximum Gasteiger partial charge on any atom is 0.235 e. The second-order valence-corrected chi connectivity index (χ2v) is 10.0. The third-order valence-corrected chi connectivity index (χ3v) is 7.05. The SMILES string of the molecule is CC1CCc2c(sc(NC(=O)CSc3nnc(C(C)C)n3C(C)C)c2C#N)C1. The molecular formula is C20H27N5OS2. The predicted octanol–water partition coefficient (Wildman–Crippen LogP) is 4.77. The smallest absolute Gasteiger partial charge is 0.235 e. The van der Waals surface area contributed by atoms with Crippen LogP contribution < -0.4 is 5.32 Å². The van der Waals surface area contributed by atoms with E-state index < -0.39 is 0 Å². The van der Waals surface area contributed by atoms with Gasteiger partial charge in [0.2, 0.25) is 5.91 Å². The van der Waals surface area contributed by atoms with Crippen LogP contribution in [-0.2, 0) is 17.6 Å². The summed E-state index contributed by atoms with van der Waals surface area (Å²) in [5, 5.41) is 22.6.